The van der Waals surface area contributed by atoms with Crippen molar-refractivity contribution in [3.8, 4) is 0 Å². The van der Waals surface area contributed by atoms with Crippen LogP contribution in [0.25, 0.3) is 0 Å². The Hall–Kier alpha value is -1.04. The molecular weight excluding hydrogens is 240 g/mol. The second-order valence-corrected chi connectivity index (χ2v) is 5.19. The van der Waals surface area contributed by atoms with Gasteiger partial charge < -0.3 is 10.6 Å². The summed E-state index contributed by atoms with van der Waals surface area (Å²) in [5, 5.41) is 4.90. The molecule has 0 atom stereocenters. The van der Waals surface area contributed by atoms with Gasteiger partial charge in [0.2, 0.25) is 11.8 Å². The van der Waals surface area contributed by atoms with E-state index in [0.29, 0.717) is 11.7 Å². The molecule has 2 N–H and O–H groups in total. The third kappa shape index (κ3) is 11.2. The van der Waals surface area contributed by atoms with Gasteiger partial charge >= 0.3 is 0 Å². The maximum Gasteiger partial charge on any atom is 0.239 e. The molecule has 17 heavy (non-hydrogen) atoms. The van der Waals surface area contributed by atoms with Crippen LogP contribution in [0.3, 0.4) is 0 Å². The third-order valence-electron chi connectivity index (χ3n) is 1.66. The molecule has 0 aliphatic carbocycles. The average Bonchev–Trinajstić information content (AvgIpc) is 2.23. The molecule has 0 aromatic rings. The van der Waals surface area contributed by atoms with Crippen LogP contribution in [0.4, 0.5) is 0 Å². The van der Waals surface area contributed by atoms with Gasteiger partial charge in [-0.15, -0.1) is 0 Å². The number of carbonyl (C=O) groups is 3. The molecule has 0 heterocycles. The van der Waals surface area contributed by atoms with Crippen LogP contribution in [0.15, 0.2) is 0 Å². The Labute approximate surface area is 106 Å². The summed E-state index contributed by atoms with van der Waals surface area (Å²) < 4.78 is 0. The Bertz CT molecular complexity index is 280. The molecule has 0 aromatic heterocycles. The van der Waals surface area contributed by atoms with Crippen LogP contribution in [-0.2, 0) is 14.4 Å². The molecule has 0 aliphatic heterocycles. The van der Waals surface area contributed by atoms with Crippen LogP contribution >= 0.6 is 11.8 Å². The second-order valence-electron chi connectivity index (χ2n) is 4.16. The lowest BCUT2D eigenvalue weighted by Crippen LogP contribution is -2.39. The zero-order valence-corrected chi connectivity index (χ0v) is 11.4. The van der Waals surface area contributed by atoms with Gasteiger partial charge in [0.25, 0.3) is 0 Å². The summed E-state index contributed by atoms with van der Waals surface area (Å²) >= 11 is 1.54. The van der Waals surface area contributed by atoms with Gasteiger partial charge in [0.15, 0.2) is 0 Å². The van der Waals surface area contributed by atoms with Crippen molar-refractivity contribution in [2.24, 2.45) is 5.92 Å². The van der Waals surface area contributed by atoms with Gasteiger partial charge in [0.1, 0.15) is 5.78 Å². The van der Waals surface area contributed by atoms with Crippen LogP contribution in [0.5, 0.6) is 0 Å². The highest BCUT2D eigenvalue weighted by Gasteiger charge is 2.06. The standard InChI is InChI=1S/C11H20N2O3S/c1-8(2)6-17-7-11(16)13-5-10(15)12-4-9(3)14/h8H,4-7H2,1-3H3,(H,12,15)(H,13,16). The highest BCUT2D eigenvalue weighted by atomic mass is 32.2. The predicted molar refractivity (Wildman–Crippen MR) is 68.9 cm³/mol. The maximum absolute atomic E-state index is 11.3. The molecule has 6 heteroatoms. The van der Waals surface area contributed by atoms with Crippen molar-refractivity contribution in [1.29, 1.82) is 0 Å². The molecular formula is C11H20N2O3S. The van der Waals surface area contributed by atoms with Crippen LogP contribution in [0.2, 0.25) is 0 Å². The van der Waals surface area contributed by atoms with Crippen LogP contribution < -0.4 is 10.6 Å². The molecule has 0 spiro atoms. The van der Waals surface area contributed by atoms with E-state index in [2.05, 4.69) is 24.5 Å². The number of rotatable bonds is 8. The Kier molecular flexibility index (Phi) is 8.49. The second kappa shape index (κ2) is 9.04. The minimum atomic E-state index is -0.345. The number of ketones is 1. The van der Waals surface area contributed by atoms with E-state index in [1.54, 1.807) is 11.8 Å². The lowest BCUT2D eigenvalue weighted by molar-refractivity contribution is -0.126. The van der Waals surface area contributed by atoms with Crippen LogP contribution in [-0.4, -0.2) is 42.2 Å². The van der Waals surface area contributed by atoms with E-state index < -0.39 is 0 Å². The van der Waals surface area contributed by atoms with Gasteiger partial charge in [-0.1, -0.05) is 13.8 Å². The SMILES string of the molecule is CC(=O)CNC(=O)CNC(=O)CSCC(C)C. The average molecular weight is 260 g/mol. The molecule has 0 bridgehead atoms. The third-order valence-corrected chi connectivity index (χ3v) is 3.03. The first-order valence-electron chi connectivity index (χ1n) is 5.52. The number of hydrogen-bond donors (Lipinski definition) is 2. The zero-order valence-electron chi connectivity index (χ0n) is 10.5. The summed E-state index contributed by atoms with van der Waals surface area (Å²) in [4.78, 5) is 33.0. The quantitative estimate of drug-likeness (QED) is 0.653. The summed E-state index contributed by atoms with van der Waals surface area (Å²) in [6, 6.07) is 0. The summed E-state index contributed by atoms with van der Waals surface area (Å²) in [7, 11) is 0. The fraction of sp³-hybridized carbons (Fsp3) is 0.727. The molecule has 0 aromatic carbocycles. The van der Waals surface area contributed by atoms with E-state index in [9.17, 15) is 14.4 Å². The van der Waals surface area contributed by atoms with Crippen molar-refractivity contribution < 1.29 is 14.4 Å². The van der Waals surface area contributed by atoms with E-state index in [-0.39, 0.29) is 30.7 Å². The highest BCUT2D eigenvalue weighted by molar-refractivity contribution is 7.99. The first kappa shape index (κ1) is 16.0. The Morgan fingerprint density at radius 3 is 2.18 bits per heavy atom. The highest BCUT2D eigenvalue weighted by Crippen LogP contribution is 2.06. The van der Waals surface area contributed by atoms with E-state index in [4.69, 9.17) is 0 Å². The molecule has 98 valence electrons. The van der Waals surface area contributed by atoms with Crippen LogP contribution in [0.1, 0.15) is 20.8 Å². The number of carbonyl (C=O) groups excluding carboxylic acids is 3. The smallest absolute Gasteiger partial charge is 0.239 e. The summed E-state index contributed by atoms with van der Waals surface area (Å²) in [5.74, 6) is 1.21. The fourth-order valence-corrected chi connectivity index (χ4v) is 1.78. The molecule has 5 nitrogen and oxygen atoms in total. The van der Waals surface area contributed by atoms with E-state index in [1.165, 1.54) is 6.92 Å². The van der Waals surface area contributed by atoms with Crippen molar-refractivity contribution in [2.75, 3.05) is 24.6 Å². The van der Waals surface area contributed by atoms with Crippen molar-refractivity contribution in [3.63, 3.8) is 0 Å². The molecule has 0 saturated carbocycles. The van der Waals surface area contributed by atoms with Crippen LogP contribution in [0, 0.1) is 5.92 Å². The lowest BCUT2D eigenvalue weighted by Gasteiger charge is -2.06. The first-order chi connectivity index (χ1) is 7.91. The number of nitrogens with one attached hydrogen (secondary N) is 2. The van der Waals surface area contributed by atoms with Gasteiger partial charge in [-0.05, 0) is 18.6 Å². The molecule has 0 rings (SSSR count). The van der Waals surface area contributed by atoms with Gasteiger partial charge in [-0.25, -0.2) is 0 Å². The molecule has 2 amide bonds. The minimum Gasteiger partial charge on any atom is -0.348 e. The molecule has 0 aliphatic rings. The van der Waals surface area contributed by atoms with Crippen molar-refractivity contribution in [3.05, 3.63) is 0 Å². The normalized spacial score (nSPS) is 10.1. The van der Waals surface area contributed by atoms with Gasteiger partial charge in [0, 0.05) is 0 Å². The summed E-state index contributed by atoms with van der Waals surface area (Å²) in [5.41, 5.74) is 0. The van der Waals surface area contributed by atoms with Crippen molar-refractivity contribution >= 4 is 29.4 Å². The Balaban J connectivity index is 3.55. The Morgan fingerprint density at radius 2 is 1.65 bits per heavy atom. The van der Waals surface area contributed by atoms with E-state index in [1.807, 2.05) is 0 Å². The molecule has 0 fully saturated rings. The van der Waals surface area contributed by atoms with Gasteiger partial charge in [0.05, 0.1) is 18.8 Å². The Morgan fingerprint density at radius 1 is 1.06 bits per heavy atom. The zero-order chi connectivity index (χ0) is 13.3. The lowest BCUT2D eigenvalue weighted by atomic mass is 10.3. The van der Waals surface area contributed by atoms with E-state index in [0.717, 1.165) is 5.75 Å². The van der Waals surface area contributed by atoms with Gasteiger partial charge in [-0.2, -0.15) is 11.8 Å². The number of amides is 2. The predicted octanol–water partition coefficient (Wildman–Crippen LogP) is 0.197. The number of Topliss-reactive ketones (excluding diaryl/α,β-unsaturated/α-hetero) is 1. The number of hydrogen-bond acceptors (Lipinski definition) is 4. The van der Waals surface area contributed by atoms with Gasteiger partial charge in [-0.3, -0.25) is 14.4 Å². The molecule has 0 saturated heterocycles. The minimum absolute atomic E-state index is 0.0107. The summed E-state index contributed by atoms with van der Waals surface area (Å²) in [6.07, 6.45) is 0. The van der Waals surface area contributed by atoms with E-state index >= 15 is 0 Å². The topological polar surface area (TPSA) is 75.3 Å². The number of thioether (sulfide) groups is 1. The monoisotopic (exact) mass is 260 g/mol. The van der Waals surface area contributed by atoms with Crippen molar-refractivity contribution in [2.45, 2.75) is 20.8 Å². The fourth-order valence-electron chi connectivity index (χ4n) is 0.903. The molecule has 0 unspecified atom stereocenters. The van der Waals surface area contributed by atoms with Crippen molar-refractivity contribution in [1.82, 2.24) is 10.6 Å². The largest absolute Gasteiger partial charge is 0.348 e. The maximum atomic E-state index is 11.3. The molecule has 0 radical (unpaired) electrons. The summed E-state index contributed by atoms with van der Waals surface area (Å²) in [6.45, 7) is 5.49. The first-order valence-corrected chi connectivity index (χ1v) is 6.68.